The molecule has 0 radical (unpaired) electrons. The van der Waals surface area contributed by atoms with E-state index in [1.54, 1.807) is 22.6 Å². The first-order chi connectivity index (χ1) is 12.5. The first-order valence-electron chi connectivity index (χ1n) is 7.00. The lowest BCUT2D eigenvalue weighted by Crippen LogP contribution is -2.40. The number of nitrogens with zero attached hydrogens (tertiary/aromatic N) is 2. The Hall–Kier alpha value is -1.74. The Balaban J connectivity index is 2.62. The highest BCUT2D eigenvalue weighted by Gasteiger charge is 2.67. The highest BCUT2D eigenvalue weighted by atomic mass is 127. The van der Waals surface area contributed by atoms with E-state index in [4.69, 9.17) is 5.73 Å². The lowest BCUT2D eigenvalue weighted by molar-refractivity contribution is -0.302. The molecule has 3 nitrogen and oxygen atoms in total. The van der Waals surface area contributed by atoms with E-state index in [2.05, 4.69) is 5.10 Å². The lowest BCUT2D eigenvalue weighted by atomic mass is 10.0. The van der Waals surface area contributed by atoms with Crippen LogP contribution in [0.15, 0.2) is 24.4 Å². The average molecular weight is 535 g/mol. The van der Waals surface area contributed by atoms with Gasteiger partial charge in [0.25, 0.3) is 0 Å². The van der Waals surface area contributed by atoms with E-state index >= 15 is 0 Å². The SMILES string of the molecule is Nc1ccc(Cn2cc(C(F)(F)C(F)(F)F)c(C(F)(F)C(F)(F)F)n2)cc1I. The number of benzene rings is 1. The summed E-state index contributed by atoms with van der Waals surface area (Å²) in [5.74, 6) is -12.0. The first-order valence-corrected chi connectivity index (χ1v) is 8.07. The van der Waals surface area contributed by atoms with E-state index in [0.717, 1.165) is 0 Å². The van der Waals surface area contributed by atoms with Crippen molar-refractivity contribution in [2.24, 2.45) is 0 Å². The Kier molecular flexibility index (Phi) is 5.59. The van der Waals surface area contributed by atoms with Crippen molar-refractivity contribution in [3.05, 3.63) is 44.8 Å². The maximum absolute atomic E-state index is 13.6. The van der Waals surface area contributed by atoms with Gasteiger partial charge in [0.1, 0.15) is 0 Å². The smallest absolute Gasteiger partial charge is 0.398 e. The number of anilines is 1. The van der Waals surface area contributed by atoms with Crippen LogP contribution < -0.4 is 5.73 Å². The van der Waals surface area contributed by atoms with E-state index in [0.29, 0.717) is 9.26 Å². The van der Waals surface area contributed by atoms with Crippen LogP contribution in [0.4, 0.5) is 49.6 Å². The molecule has 14 heteroatoms. The predicted octanol–water partition coefficient (Wildman–Crippen LogP) is 5.43. The van der Waals surface area contributed by atoms with Crippen LogP contribution in [0.25, 0.3) is 0 Å². The minimum absolute atomic E-state index is 0.158. The highest BCUT2D eigenvalue weighted by Crippen LogP contribution is 2.51. The van der Waals surface area contributed by atoms with Gasteiger partial charge in [0.05, 0.1) is 12.1 Å². The van der Waals surface area contributed by atoms with Crippen molar-refractivity contribution in [2.75, 3.05) is 5.73 Å². The van der Waals surface area contributed by atoms with E-state index in [1.165, 1.54) is 18.2 Å². The molecule has 0 aliphatic rings. The third-order valence-corrected chi connectivity index (χ3v) is 4.45. The molecule has 0 amide bonds. The molecule has 1 aromatic heterocycles. The number of rotatable bonds is 4. The largest absolute Gasteiger partial charge is 0.459 e. The van der Waals surface area contributed by atoms with Crippen molar-refractivity contribution in [3.63, 3.8) is 0 Å². The third-order valence-electron chi connectivity index (χ3n) is 3.52. The maximum atomic E-state index is 13.6. The predicted molar refractivity (Wildman–Crippen MR) is 84.8 cm³/mol. The van der Waals surface area contributed by atoms with Crippen LogP contribution in [0, 0.1) is 3.57 Å². The van der Waals surface area contributed by atoms with Crippen LogP contribution in [-0.4, -0.2) is 22.1 Å². The van der Waals surface area contributed by atoms with Gasteiger partial charge in [-0.1, -0.05) is 6.07 Å². The number of hydrogen-bond acceptors (Lipinski definition) is 2. The van der Waals surface area contributed by atoms with Crippen molar-refractivity contribution in [1.82, 2.24) is 9.78 Å². The molecule has 0 saturated heterocycles. The summed E-state index contributed by atoms with van der Waals surface area (Å²) < 4.78 is 131. The van der Waals surface area contributed by atoms with Crippen molar-refractivity contribution in [3.8, 4) is 0 Å². The first kappa shape index (κ1) is 22.5. The number of nitrogen functional groups attached to an aromatic ring is 1. The summed E-state index contributed by atoms with van der Waals surface area (Å²) in [7, 11) is 0. The van der Waals surface area contributed by atoms with E-state index in [1.807, 2.05) is 0 Å². The molecule has 0 spiro atoms. The van der Waals surface area contributed by atoms with E-state index in [9.17, 15) is 43.9 Å². The van der Waals surface area contributed by atoms with Gasteiger partial charge < -0.3 is 5.73 Å². The van der Waals surface area contributed by atoms with Gasteiger partial charge in [-0.25, -0.2) is 0 Å². The average Bonchev–Trinajstić information content (AvgIpc) is 2.94. The number of hydrogen-bond donors (Lipinski definition) is 1. The molecular formula is C14H8F10IN3. The summed E-state index contributed by atoms with van der Waals surface area (Å²) >= 11 is 1.76. The summed E-state index contributed by atoms with van der Waals surface area (Å²) in [5, 5.41) is 2.71. The summed E-state index contributed by atoms with van der Waals surface area (Å²) in [6.07, 6.45) is -13.0. The molecule has 0 atom stereocenters. The molecular weight excluding hydrogens is 527 g/mol. The zero-order valence-corrected chi connectivity index (χ0v) is 15.3. The molecule has 0 aliphatic heterocycles. The van der Waals surface area contributed by atoms with Gasteiger partial charge in [0.15, 0.2) is 5.69 Å². The number of aromatic nitrogens is 2. The van der Waals surface area contributed by atoms with E-state index < -0.39 is 42.0 Å². The second kappa shape index (κ2) is 6.95. The second-order valence-corrected chi connectivity index (χ2v) is 6.75. The second-order valence-electron chi connectivity index (χ2n) is 5.59. The van der Waals surface area contributed by atoms with Crippen molar-refractivity contribution >= 4 is 28.3 Å². The Morgan fingerprint density at radius 3 is 1.89 bits per heavy atom. The van der Waals surface area contributed by atoms with Gasteiger partial charge in [-0.05, 0) is 40.3 Å². The van der Waals surface area contributed by atoms with Gasteiger partial charge in [0, 0.05) is 15.5 Å². The summed E-state index contributed by atoms with van der Waals surface area (Å²) in [6, 6.07) is 3.94. The zero-order valence-electron chi connectivity index (χ0n) is 13.1. The van der Waals surface area contributed by atoms with Crippen LogP contribution in [0.3, 0.4) is 0 Å². The van der Waals surface area contributed by atoms with Crippen molar-refractivity contribution in [2.45, 2.75) is 30.7 Å². The molecule has 156 valence electrons. The van der Waals surface area contributed by atoms with Crippen molar-refractivity contribution in [1.29, 1.82) is 0 Å². The number of alkyl halides is 10. The molecule has 0 fully saturated rings. The fourth-order valence-electron chi connectivity index (χ4n) is 2.11. The molecule has 2 N–H and O–H groups in total. The van der Waals surface area contributed by atoms with Gasteiger partial charge in [-0.15, -0.1) is 0 Å². The van der Waals surface area contributed by atoms with Gasteiger partial charge in [-0.3, -0.25) is 4.68 Å². The van der Waals surface area contributed by atoms with Crippen LogP contribution in [0.1, 0.15) is 16.8 Å². The summed E-state index contributed by atoms with van der Waals surface area (Å²) in [6.45, 7) is -0.648. The summed E-state index contributed by atoms with van der Waals surface area (Å²) in [5.41, 5.74) is 0.712. The lowest BCUT2D eigenvalue weighted by Gasteiger charge is -2.23. The Morgan fingerprint density at radius 1 is 0.893 bits per heavy atom. The van der Waals surface area contributed by atoms with Crippen LogP contribution in [-0.2, 0) is 18.4 Å². The molecule has 0 unspecified atom stereocenters. The molecule has 0 saturated carbocycles. The topological polar surface area (TPSA) is 43.8 Å². The molecule has 28 heavy (non-hydrogen) atoms. The third kappa shape index (κ3) is 4.00. The molecule has 0 bridgehead atoms. The fraction of sp³-hybridized carbons (Fsp3) is 0.357. The normalized spacial score (nSPS) is 13.8. The Morgan fingerprint density at radius 2 is 1.43 bits per heavy atom. The Bertz CT molecular complexity index is 826. The van der Waals surface area contributed by atoms with Gasteiger partial charge in [0.2, 0.25) is 0 Å². The molecule has 1 aromatic carbocycles. The molecule has 2 aromatic rings. The molecule has 1 heterocycles. The molecule has 2 rings (SSSR count). The van der Waals surface area contributed by atoms with Gasteiger partial charge in [-0.2, -0.15) is 49.0 Å². The minimum Gasteiger partial charge on any atom is -0.398 e. The Labute approximate surface area is 163 Å². The maximum Gasteiger partial charge on any atom is 0.459 e. The summed E-state index contributed by atoms with van der Waals surface area (Å²) in [4.78, 5) is 0. The van der Waals surface area contributed by atoms with Gasteiger partial charge >= 0.3 is 24.2 Å². The van der Waals surface area contributed by atoms with Crippen LogP contribution in [0.5, 0.6) is 0 Å². The van der Waals surface area contributed by atoms with E-state index in [-0.39, 0.29) is 16.4 Å². The number of halogens is 11. The quantitative estimate of drug-likeness (QED) is 0.323. The minimum atomic E-state index is -6.43. The fourth-order valence-corrected chi connectivity index (χ4v) is 2.69. The van der Waals surface area contributed by atoms with Crippen LogP contribution >= 0.6 is 22.6 Å². The zero-order chi connectivity index (χ0) is 21.7. The number of nitrogens with two attached hydrogens (primary N) is 1. The monoisotopic (exact) mass is 535 g/mol. The molecule has 0 aliphatic carbocycles. The van der Waals surface area contributed by atoms with Crippen LogP contribution in [0.2, 0.25) is 0 Å². The highest BCUT2D eigenvalue weighted by molar-refractivity contribution is 14.1. The standard InChI is InChI=1S/C14H8F10IN3/c15-11(16,13(19,20)21)7-5-28(4-6-1-2-9(26)8(25)3-6)27-10(7)12(17,18)14(22,23)24/h1-3,5H,4,26H2. The van der Waals surface area contributed by atoms with Crippen molar-refractivity contribution < 1.29 is 43.9 Å².